The lowest BCUT2D eigenvalue weighted by Crippen LogP contribution is -2.16. The first kappa shape index (κ1) is 12.7. The number of benzene rings is 1. The molecule has 0 saturated carbocycles. The van der Waals surface area contributed by atoms with E-state index in [0.717, 1.165) is 10.9 Å². The van der Waals surface area contributed by atoms with Crippen molar-refractivity contribution in [2.45, 2.75) is 19.9 Å². The second kappa shape index (κ2) is 5.02. The molecule has 0 bridgehead atoms. The van der Waals surface area contributed by atoms with Crippen LogP contribution < -0.4 is 5.73 Å². The van der Waals surface area contributed by atoms with Gasteiger partial charge in [-0.05, 0) is 18.1 Å². The molecule has 1 atom stereocenters. The standard InChI is InChI=1S/C15H16N4O/c1-9(2)13(16)15-18-14(19-20-15)12-8-7-10-5-3-4-6-11(10)17-12/h3-9,13H,16H2,1-2H3. The van der Waals surface area contributed by atoms with Crippen LogP contribution >= 0.6 is 0 Å². The monoisotopic (exact) mass is 268 g/mol. The van der Waals surface area contributed by atoms with Crippen molar-refractivity contribution in [3.05, 3.63) is 42.3 Å². The molecule has 0 aliphatic heterocycles. The Hall–Kier alpha value is -2.27. The first-order valence-corrected chi connectivity index (χ1v) is 6.60. The average molecular weight is 268 g/mol. The third kappa shape index (κ3) is 2.28. The maximum atomic E-state index is 6.00. The van der Waals surface area contributed by atoms with E-state index in [4.69, 9.17) is 10.3 Å². The van der Waals surface area contributed by atoms with Crippen molar-refractivity contribution in [2.24, 2.45) is 11.7 Å². The fourth-order valence-electron chi connectivity index (χ4n) is 1.95. The summed E-state index contributed by atoms with van der Waals surface area (Å²) in [5.41, 5.74) is 7.60. The minimum Gasteiger partial charge on any atom is -0.337 e. The number of hydrogen-bond donors (Lipinski definition) is 1. The van der Waals surface area contributed by atoms with Crippen molar-refractivity contribution in [1.29, 1.82) is 0 Å². The van der Waals surface area contributed by atoms with Gasteiger partial charge in [0.25, 0.3) is 0 Å². The molecule has 0 saturated heterocycles. The molecule has 2 heterocycles. The molecule has 1 aromatic carbocycles. The molecule has 3 rings (SSSR count). The van der Waals surface area contributed by atoms with Crippen LogP contribution in [0.1, 0.15) is 25.8 Å². The minimum atomic E-state index is -0.253. The van der Waals surface area contributed by atoms with Crippen molar-refractivity contribution in [1.82, 2.24) is 15.1 Å². The van der Waals surface area contributed by atoms with Crippen LogP contribution in [0.3, 0.4) is 0 Å². The van der Waals surface area contributed by atoms with Crippen LogP contribution in [-0.4, -0.2) is 15.1 Å². The Balaban J connectivity index is 1.99. The Bertz CT molecular complexity index is 735. The van der Waals surface area contributed by atoms with Gasteiger partial charge >= 0.3 is 0 Å². The zero-order valence-electron chi connectivity index (χ0n) is 11.4. The van der Waals surface area contributed by atoms with Gasteiger partial charge in [0.2, 0.25) is 11.7 Å². The van der Waals surface area contributed by atoms with E-state index in [1.807, 2.05) is 50.2 Å². The quantitative estimate of drug-likeness (QED) is 0.790. The van der Waals surface area contributed by atoms with E-state index >= 15 is 0 Å². The predicted molar refractivity (Wildman–Crippen MR) is 76.8 cm³/mol. The molecule has 102 valence electrons. The molecule has 0 aliphatic carbocycles. The molecule has 0 fully saturated rings. The van der Waals surface area contributed by atoms with Crippen molar-refractivity contribution >= 4 is 10.9 Å². The van der Waals surface area contributed by atoms with E-state index in [9.17, 15) is 0 Å². The van der Waals surface area contributed by atoms with Crippen molar-refractivity contribution in [3.63, 3.8) is 0 Å². The molecule has 0 amide bonds. The number of nitrogens with zero attached hydrogens (tertiary/aromatic N) is 3. The van der Waals surface area contributed by atoms with Crippen molar-refractivity contribution in [3.8, 4) is 11.5 Å². The molecule has 5 nitrogen and oxygen atoms in total. The summed E-state index contributed by atoms with van der Waals surface area (Å²) in [7, 11) is 0. The second-order valence-corrected chi connectivity index (χ2v) is 5.12. The van der Waals surface area contributed by atoms with Crippen LogP contribution in [0.25, 0.3) is 22.4 Å². The van der Waals surface area contributed by atoms with Gasteiger partial charge in [-0.3, -0.25) is 0 Å². The molecular formula is C15H16N4O. The minimum absolute atomic E-state index is 0.243. The van der Waals surface area contributed by atoms with E-state index < -0.39 is 0 Å². The van der Waals surface area contributed by atoms with E-state index in [0.29, 0.717) is 17.4 Å². The van der Waals surface area contributed by atoms with Crippen molar-refractivity contribution in [2.75, 3.05) is 0 Å². The van der Waals surface area contributed by atoms with E-state index in [1.165, 1.54) is 0 Å². The molecule has 2 aromatic heterocycles. The molecule has 20 heavy (non-hydrogen) atoms. The van der Waals surface area contributed by atoms with Crippen LogP contribution in [0.4, 0.5) is 0 Å². The number of hydrogen-bond acceptors (Lipinski definition) is 5. The third-order valence-corrected chi connectivity index (χ3v) is 3.27. The first-order chi connectivity index (χ1) is 9.65. The molecule has 1 unspecified atom stereocenters. The summed E-state index contributed by atoms with van der Waals surface area (Å²) < 4.78 is 5.23. The van der Waals surface area contributed by atoms with Crippen LogP contribution in [0.15, 0.2) is 40.9 Å². The number of aromatic nitrogens is 3. The van der Waals surface area contributed by atoms with Gasteiger partial charge in [-0.2, -0.15) is 4.98 Å². The maximum absolute atomic E-state index is 6.00. The summed E-state index contributed by atoms with van der Waals surface area (Å²) in [5.74, 6) is 1.17. The molecule has 2 N–H and O–H groups in total. The topological polar surface area (TPSA) is 77.8 Å². The third-order valence-electron chi connectivity index (χ3n) is 3.27. The number of rotatable bonds is 3. The summed E-state index contributed by atoms with van der Waals surface area (Å²) >= 11 is 0. The fourth-order valence-corrected chi connectivity index (χ4v) is 1.95. The highest BCUT2D eigenvalue weighted by molar-refractivity contribution is 5.80. The zero-order chi connectivity index (χ0) is 14.1. The van der Waals surface area contributed by atoms with Gasteiger partial charge in [-0.25, -0.2) is 4.98 Å². The van der Waals surface area contributed by atoms with Gasteiger partial charge in [0.05, 0.1) is 11.6 Å². The number of fused-ring (bicyclic) bond motifs is 1. The van der Waals surface area contributed by atoms with Crippen LogP contribution in [0.2, 0.25) is 0 Å². The van der Waals surface area contributed by atoms with Gasteiger partial charge in [0, 0.05) is 5.39 Å². The Kier molecular flexibility index (Phi) is 3.20. The highest BCUT2D eigenvalue weighted by Gasteiger charge is 2.19. The Labute approximate surface area is 116 Å². The average Bonchev–Trinajstić information content (AvgIpc) is 2.95. The normalized spacial score (nSPS) is 13.0. The Morgan fingerprint density at radius 2 is 1.85 bits per heavy atom. The first-order valence-electron chi connectivity index (χ1n) is 6.60. The second-order valence-electron chi connectivity index (χ2n) is 5.12. The van der Waals surface area contributed by atoms with Gasteiger partial charge in [0.1, 0.15) is 5.69 Å². The SMILES string of the molecule is CC(C)C(N)c1nc(-c2ccc3ccccc3n2)no1. The number of nitrogens with two attached hydrogens (primary N) is 1. The zero-order valence-corrected chi connectivity index (χ0v) is 11.4. The van der Waals surface area contributed by atoms with E-state index in [1.54, 1.807) is 0 Å². The summed E-state index contributed by atoms with van der Waals surface area (Å²) in [5, 5.41) is 5.05. The van der Waals surface area contributed by atoms with Gasteiger partial charge < -0.3 is 10.3 Å². The van der Waals surface area contributed by atoms with Crippen LogP contribution in [0, 0.1) is 5.92 Å². The highest BCUT2D eigenvalue weighted by atomic mass is 16.5. The van der Waals surface area contributed by atoms with Gasteiger partial charge in [0.15, 0.2) is 0 Å². The van der Waals surface area contributed by atoms with Crippen molar-refractivity contribution < 1.29 is 4.52 Å². The van der Waals surface area contributed by atoms with E-state index in [-0.39, 0.29) is 12.0 Å². The summed E-state index contributed by atoms with van der Waals surface area (Å²) in [6.45, 7) is 4.03. The lowest BCUT2D eigenvalue weighted by Gasteiger charge is -2.09. The molecule has 0 radical (unpaired) electrons. The molecule has 5 heteroatoms. The molecule has 0 aliphatic rings. The summed E-state index contributed by atoms with van der Waals surface area (Å²) in [6, 6.07) is 11.5. The molecule has 3 aromatic rings. The summed E-state index contributed by atoms with van der Waals surface area (Å²) in [6.07, 6.45) is 0. The van der Waals surface area contributed by atoms with Gasteiger partial charge in [-0.15, -0.1) is 0 Å². The highest BCUT2D eigenvalue weighted by Crippen LogP contribution is 2.22. The van der Waals surface area contributed by atoms with Crippen LogP contribution in [-0.2, 0) is 0 Å². The smallest absolute Gasteiger partial charge is 0.244 e. The van der Waals surface area contributed by atoms with E-state index in [2.05, 4.69) is 15.1 Å². The van der Waals surface area contributed by atoms with Crippen LogP contribution in [0.5, 0.6) is 0 Å². The fraction of sp³-hybridized carbons (Fsp3) is 0.267. The molecule has 0 spiro atoms. The largest absolute Gasteiger partial charge is 0.337 e. The van der Waals surface area contributed by atoms with Gasteiger partial charge in [-0.1, -0.05) is 43.3 Å². The Morgan fingerprint density at radius 3 is 2.65 bits per heavy atom. The maximum Gasteiger partial charge on any atom is 0.244 e. The predicted octanol–water partition coefficient (Wildman–Crippen LogP) is 2.94. The number of pyridine rings is 1. The number of para-hydroxylation sites is 1. The summed E-state index contributed by atoms with van der Waals surface area (Å²) in [4.78, 5) is 8.88. The Morgan fingerprint density at radius 1 is 1.05 bits per heavy atom. The lowest BCUT2D eigenvalue weighted by atomic mass is 10.1. The molecular weight excluding hydrogens is 252 g/mol. The lowest BCUT2D eigenvalue weighted by molar-refractivity contribution is 0.325.